The molecule has 0 aliphatic heterocycles. The molecular formula is C22H27N3O5S. The molecule has 3 rings (SSSR count). The number of hydrogen-bond donors (Lipinski definition) is 2. The summed E-state index contributed by atoms with van der Waals surface area (Å²) < 4.78 is 10.6. The van der Waals surface area contributed by atoms with E-state index in [1.54, 1.807) is 19.3 Å². The number of nitrogens with one attached hydrogen (secondary N) is 1. The van der Waals surface area contributed by atoms with Gasteiger partial charge in [-0.3, -0.25) is 9.69 Å². The summed E-state index contributed by atoms with van der Waals surface area (Å²) in [5.41, 5.74) is 0.246. The molecule has 0 saturated carbocycles. The molecule has 166 valence electrons. The van der Waals surface area contributed by atoms with Gasteiger partial charge in [0.2, 0.25) is 0 Å². The van der Waals surface area contributed by atoms with Crippen LogP contribution in [0, 0.1) is 12.8 Å². The summed E-state index contributed by atoms with van der Waals surface area (Å²) in [5.74, 6) is 0.782. The maximum absolute atomic E-state index is 12.8. The van der Waals surface area contributed by atoms with Crippen LogP contribution in [0.3, 0.4) is 0 Å². The number of nitrogens with zero attached hydrogens (tertiary/aromatic N) is 2. The van der Waals surface area contributed by atoms with Crippen LogP contribution in [0.25, 0.3) is 10.2 Å². The molecule has 3 aromatic rings. The summed E-state index contributed by atoms with van der Waals surface area (Å²) in [4.78, 5) is 35.2. The number of carbonyl (C=O) groups excluding carboxylic acids is 1. The van der Waals surface area contributed by atoms with Crippen LogP contribution in [0.5, 0.6) is 0 Å². The van der Waals surface area contributed by atoms with Crippen molar-refractivity contribution in [2.24, 2.45) is 5.92 Å². The van der Waals surface area contributed by atoms with Crippen LogP contribution in [-0.2, 0) is 17.8 Å². The fraction of sp³-hybridized carbons (Fsp3) is 0.409. The number of rotatable bonds is 10. The van der Waals surface area contributed by atoms with Crippen molar-refractivity contribution in [1.29, 1.82) is 0 Å². The van der Waals surface area contributed by atoms with Gasteiger partial charge in [-0.2, -0.15) is 0 Å². The number of aryl methyl sites for hydroxylation is 1. The van der Waals surface area contributed by atoms with Crippen molar-refractivity contribution < 1.29 is 19.1 Å². The van der Waals surface area contributed by atoms with Gasteiger partial charge in [-0.1, -0.05) is 26.5 Å². The highest BCUT2D eigenvalue weighted by Crippen LogP contribution is 2.28. The second-order valence-corrected chi connectivity index (χ2v) is 8.70. The fourth-order valence-corrected chi connectivity index (χ4v) is 4.25. The van der Waals surface area contributed by atoms with E-state index in [4.69, 9.17) is 9.15 Å². The number of H-pyrrole nitrogens is 1. The molecule has 0 bridgehead atoms. The van der Waals surface area contributed by atoms with Crippen molar-refractivity contribution >= 4 is 27.5 Å². The first-order valence-electron chi connectivity index (χ1n) is 10.0. The Morgan fingerprint density at radius 1 is 1.45 bits per heavy atom. The Hall–Kier alpha value is -2.75. The van der Waals surface area contributed by atoms with Gasteiger partial charge >= 0.3 is 5.97 Å². The number of aromatic amines is 1. The minimum atomic E-state index is -0.541. The third kappa shape index (κ3) is 5.49. The standard InChI is InChI=1S/C22H27N3O5S/c1-5-8-30-22(28)19-14(4)18-20(27)23-17(24-21(18)31-19)12-25(11-16(26)13(2)3)10-15-7-6-9-29-15/h5-7,9,13,16,26H,1,8,10-12H2,2-4H3,(H,23,24,27). The summed E-state index contributed by atoms with van der Waals surface area (Å²) in [6.45, 7) is 10.4. The number of fused-ring (bicyclic) bond motifs is 1. The molecule has 3 aromatic heterocycles. The summed E-state index contributed by atoms with van der Waals surface area (Å²) in [6, 6.07) is 3.66. The molecule has 0 aliphatic rings. The van der Waals surface area contributed by atoms with Gasteiger partial charge in [0.25, 0.3) is 5.56 Å². The molecule has 0 aromatic carbocycles. The number of esters is 1. The van der Waals surface area contributed by atoms with E-state index in [-0.39, 0.29) is 18.1 Å². The zero-order valence-corrected chi connectivity index (χ0v) is 18.7. The van der Waals surface area contributed by atoms with Crippen molar-refractivity contribution in [1.82, 2.24) is 14.9 Å². The van der Waals surface area contributed by atoms with E-state index in [0.29, 0.717) is 46.1 Å². The van der Waals surface area contributed by atoms with Gasteiger partial charge in [-0.25, -0.2) is 9.78 Å². The first-order chi connectivity index (χ1) is 14.8. The number of aliphatic hydroxyl groups is 1. The van der Waals surface area contributed by atoms with Crippen molar-refractivity contribution in [2.75, 3.05) is 13.2 Å². The van der Waals surface area contributed by atoms with Gasteiger partial charge in [-0.05, 0) is 30.5 Å². The lowest BCUT2D eigenvalue weighted by Crippen LogP contribution is -2.35. The highest BCUT2D eigenvalue weighted by atomic mass is 32.1. The number of thiophene rings is 1. The number of hydrogen-bond acceptors (Lipinski definition) is 8. The first-order valence-corrected chi connectivity index (χ1v) is 10.8. The van der Waals surface area contributed by atoms with Crippen molar-refractivity contribution in [3.8, 4) is 0 Å². The van der Waals surface area contributed by atoms with Gasteiger partial charge in [0, 0.05) is 6.54 Å². The Morgan fingerprint density at radius 3 is 2.87 bits per heavy atom. The normalized spacial score (nSPS) is 12.6. The molecule has 0 fully saturated rings. The molecule has 1 unspecified atom stereocenters. The average Bonchev–Trinajstić information content (AvgIpc) is 3.33. The van der Waals surface area contributed by atoms with Crippen LogP contribution in [0.1, 0.15) is 40.7 Å². The molecule has 0 saturated heterocycles. The van der Waals surface area contributed by atoms with E-state index in [2.05, 4.69) is 16.5 Å². The van der Waals surface area contributed by atoms with E-state index in [1.807, 2.05) is 24.8 Å². The van der Waals surface area contributed by atoms with Crippen molar-refractivity contribution in [3.05, 3.63) is 63.4 Å². The van der Waals surface area contributed by atoms with Crippen LogP contribution >= 0.6 is 11.3 Å². The molecule has 0 spiro atoms. The lowest BCUT2D eigenvalue weighted by atomic mass is 10.1. The monoisotopic (exact) mass is 445 g/mol. The second kappa shape index (κ2) is 10.0. The third-order valence-corrected chi connectivity index (χ3v) is 6.08. The quantitative estimate of drug-likeness (QED) is 0.364. The van der Waals surface area contributed by atoms with Crippen LogP contribution in [0.2, 0.25) is 0 Å². The smallest absolute Gasteiger partial charge is 0.348 e. The molecule has 8 nitrogen and oxygen atoms in total. The zero-order chi connectivity index (χ0) is 22.5. The summed E-state index contributed by atoms with van der Waals surface area (Å²) >= 11 is 1.14. The number of carbonyl (C=O) groups is 1. The van der Waals surface area contributed by atoms with Gasteiger partial charge in [0.05, 0.1) is 30.8 Å². The molecule has 0 amide bonds. The Bertz CT molecular complexity index is 1100. The minimum Gasteiger partial charge on any atom is -0.468 e. The Labute approximate surface area is 184 Å². The predicted octanol–water partition coefficient (Wildman–Crippen LogP) is 3.25. The molecular weight excluding hydrogens is 418 g/mol. The summed E-state index contributed by atoms with van der Waals surface area (Å²) in [5, 5.41) is 10.8. The maximum Gasteiger partial charge on any atom is 0.348 e. The van der Waals surface area contributed by atoms with Crippen LogP contribution in [0.4, 0.5) is 0 Å². The molecule has 1 atom stereocenters. The molecule has 9 heteroatoms. The van der Waals surface area contributed by atoms with Gasteiger partial charge < -0.3 is 19.2 Å². The van der Waals surface area contributed by atoms with E-state index in [0.717, 1.165) is 17.1 Å². The third-order valence-electron chi connectivity index (χ3n) is 4.91. The zero-order valence-electron chi connectivity index (χ0n) is 17.9. The minimum absolute atomic E-state index is 0.0812. The Morgan fingerprint density at radius 2 is 2.23 bits per heavy atom. The number of aromatic nitrogens is 2. The largest absolute Gasteiger partial charge is 0.468 e. The van der Waals surface area contributed by atoms with Gasteiger partial charge in [0.15, 0.2) is 0 Å². The fourth-order valence-electron chi connectivity index (χ4n) is 3.15. The van der Waals surface area contributed by atoms with E-state index in [1.165, 1.54) is 6.08 Å². The lowest BCUT2D eigenvalue weighted by molar-refractivity contribution is 0.0554. The maximum atomic E-state index is 12.8. The Kier molecular flexibility index (Phi) is 7.42. The van der Waals surface area contributed by atoms with Crippen LogP contribution in [-0.4, -0.2) is 45.2 Å². The van der Waals surface area contributed by atoms with E-state index < -0.39 is 12.1 Å². The summed E-state index contributed by atoms with van der Waals surface area (Å²) in [6.07, 6.45) is 2.55. The topological polar surface area (TPSA) is 109 Å². The van der Waals surface area contributed by atoms with Crippen molar-refractivity contribution in [3.63, 3.8) is 0 Å². The molecule has 31 heavy (non-hydrogen) atoms. The summed E-state index contributed by atoms with van der Waals surface area (Å²) in [7, 11) is 0. The molecule has 0 radical (unpaired) electrons. The average molecular weight is 446 g/mol. The molecule has 0 aliphatic carbocycles. The van der Waals surface area contributed by atoms with Gasteiger partial charge in [-0.15, -0.1) is 11.3 Å². The van der Waals surface area contributed by atoms with Crippen LogP contribution < -0.4 is 5.56 Å². The second-order valence-electron chi connectivity index (χ2n) is 7.70. The number of ether oxygens (including phenoxy) is 1. The molecule has 2 N–H and O–H groups in total. The SMILES string of the molecule is C=CCOC(=O)c1sc2nc(CN(Cc3ccco3)CC(O)C(C)C)[nH]c(=O)c2c1C. The van der Waals surface area contributed by atoms with Crippen LogP contribution in [0.15, 0.2) is 40.3 Å². The Balaban J connectivity index is 1.89. The predicted molar refractivity (Wildman–Crippen MR) is 119 cm³/mol. The van der Waals surface area contributed by atoms with Crippen molar-refractivity contribution in [2.45, 2.75) is 40.0 Å². The lowest BCUT2D eigenvalue weighted by Gasteiger charge is -2.25. The highest BCUT2D eigenvalue weighted by Gasteiger charge is 2.22. The number of furan rings is 1. The number of aliphatic hydroxyl groups excluding tert-OH is 1. The molecule has 3 heterocycles. The highest BCUT2D eigenvalue weighted by molar-refractivity contribution is 7.20. The van der Waals surface area contributed by atoms with Gasteiger partial charge in [0.1, 0.15) is 27.9 Å². The van der Waals surface area contributed by atoms with E-state index >= 15 is 0 Å². The first kappa shape index (κ1) is 22.9. The van der Waals surface area contributed by atoms with E-state index in [9.17, 15) is 14.7 Å².